The molecule has 4 saturated carbocycles. The minimum absolute atomic E-state index is 0.0144. The standard InChI is InChI=1S/C25H36O4/c1-6-15(2)21(26)29-20-10-11-23(4)18(24(20,5)22(27)28)9-12-25-13-16(3)17(14-25)7-8-19(23)25/h6,17-20H,3,7-14H2,1-2,4-5H3,(H,27,28)/b15-6+/t17-,18-,19-,20-,23+,24-,25+/m1/s1. The molecule has 0 aromatic rings. The van der Waals surface area contributed by atoms with E-state index in [-0.39, 0.29) is 17.3 Å². The summed E-state index contributed by atoms with van der Waals surface area (Å²) in [7, 11) is 0. The van der Waals surface area contributed by atoms with Crippen molar-refractivity contribution < 1.29 is 19.4 Å². The van der Waals surface area contributed by atoms with Crippen LogP contribution in [0, 0.1) is 34.0 Å². The van der Waals surface area contributed by atoms with Crippen LogP contribution in [0.2, 0.25) is 0 Å². The number of hydrogen-bond donors (Lipinski definition) is 1. The maximum Gasteiger partial charge on any atom is 0.333 e. The smallest absolute Gasteiger partial charge is 0.333 e. The van der Waals surface area contributed by atoms with Crippen molar-refractivity contribution in [2.24, 2.45) is 34.0 Å². The van der Waals surface area contributed by atoms with Crippen LogP contribution in [-0.4, -0.2) is 23.1 Å². The summed E-state index contributed by atoms with van der Waals surface area (Å²) < 4.78 is 5.83. The zero-order valence-corrected chi connectivity index (χ0v) is 18.4. The molecule has 0 unspecified atom stereocenters. The Labute approximate surface area is 174 Å². The molecule has 0 radical (unpaired) electrons. The lowest BCUT2D eigenvalue weighted by molar-refractivity contribution is -0.211. The number of rotatable bonds is 3. The van der Waals surface area contributed by atoms with Gasteiger partial charge in [0.05, 0.1) is 0 Å². The van der Waals surface area contributed by atoms with Crippen LogP contribution in [0.5, 0.6) is 0 Å². The zero-order chi connectivity index (χ0) is 21.2. The Morgan fingerprint density at radius 1 is 1.14 bits per heavy atom. The first-order valence-electron chi connectivity index (χ1n) is 11.3. The molecule has 7 atom stereocenters. The summed E-state index contributed by atoms with van der Waals surface area (Å²) in [6, 6.07) is 0. The van der Waals surface area contributed by atoms with Gasteiger partial charge in [0, 0.05) is 5.57 Å². The van der Waals surface area contributed by atoms with Crippen molar-refractivity contribution in [2.45, 2.75) is 85.2 Å². The average molecular weight is 401 g/mol. The van der Waals surface area contributed by atoms with Crippen LogP contribution >= 0.6 is 0 Å². The number of allylic oxidation sites excluding steroid dienone is 2. The van der Waals surface area contributed by atoms with Crippen molar-refractivity contribution >= 4 is 11.9 Å². The number of esters is 1. The van der Waals surface area contributed by atoms with Gasteiger partial charge >= 0.3 is 11.9 Å². The van der Waals surface area contributed by atoms with Crippen LogP contribution < -0.4 is 0 Å². The maximum atomic E-state index is 12.7. The summed E-state index contributed by atoms with van der Waals surface area (Å²) in [6.45, 7) is 12.1. The van der Waals surface area contributed by atoms with Gasteiger partial charge in [-0.05, 0) is 101 Å². The van der Waals surface area contributed by atoms with Crippen LogP contribution in [0.25, 0.3) is 0 Å². The van der Waals surface area contributed by atoms with E-state index in [0.29, 0.717) is 29.2 Å². The lowest BCUT2D eigenvalue weighted by atomic mass is 9.40. The van der Waals surface area contributed by atoms with E-state index in [9.17, 15) is 14.7 Å². The molecule has 0 aromatic heterocycles. The first-order valence-corrected chi connectivity index (χ1v) is 11.3. The van der Waals surface area contributed by atoms with E-state index in [0.717, 1.165) is 25.7 Å². The topological polar surface area (TPSA) is 63.6 Å². The van der Waals surface area contributed by atoms with Crippen molar-refractivity contribution in [2.75, 3.05) is 0 Å². The molecule has 4 rings (SSSR count). The van der Waals surface area contributed by atoms with Crippen LogP contribution in [0.1, 0.15) is 79.1 Å². The Hall–Kier alpha value is -1.58. The molecular formula is C25H36O4. The Kier molecular flexibility index (Phi) is 4.79. The van der Waals surface area contributed by atoms with Crippen molar-refractivity contribution in [1.29, 1.82) is 0 Å². The number of carboxylic acids is 1. The number of hydrogen-bond acceptors (Lipinski definition) is 3. The third-order valence-electron chi connectivity index (χ3n) is 9.68. The van der Waals surface area contributed by atoms with Crippen molar-refractivity contribution in [3.8, 4) is 0 Å². The monoisotopic (exact) mass is 400 g/mol. The number of aliphatic carboxylic acids is 1. The highest BCUT2D eigenvalue weighted by atomic mass is 16.5. The number of carboxylic acid groups (broad SMARTS) is 1. The molecule has 4 heteroatoms. The number of carbonyl (C=O) groups is 2. The molecule has 4 nitrogen and oxygen atoms in total. The molecule has 4 aliphatic rings. The highest BCUT2D eigenvalue weighted by Crippen LogP contribution is 2.72. The van der Waals surface area contributed by atoms with Gasteiger partial charge in [0.2, 0.25) is 0 Å². The molecule has 1 N–H and O–H groups in total. The fourth-order valence-corrected chi connectivity index (χ4v) is 8.06. The fraction of sp³-hybridized carbons (Fsp3) is 0.760. The third kappa shape index (κ3) is 2.77. The molecule has 0 aliphatic heterocycles. The van der Waals surface area contributed by atoms with E-state index in [2.05, 4.69) is 13.5 Å². The van der Waals surface area contributed by atoms with Crippen molar-refractivity contribution in [3.05, 3.63) is 23.8 Å². The van der Waals surface area contributed by atoms with Gasteiger partial charge in [-0.3, -0.25) is 4.79 Å². The Morgan fingerprint density at radius 3 is 2.52 bits per heavy atom. The van der Waals surface area contributed by atoms with E-state index < -0.39 is 17.5 Å². The maximum absolute atomic E-state index is 12.7. The second-order valence-corrected chi connectivity index (χ2v) is 10.8. The zero-order valence-electron chi connectivity index (χ0n) is 18.4. The Morgan fingerprint density at radius 2 is 1.86 bits per heavy atom. The van der Waals surface area contributed by atoms with Gasteiger partial charge in [-0.1, -0.05) is 25.2 Å². The van der Waals surface area contributed by atoms with Crippen LogP contribution in [0.3, 0.4) is 0 Å². The summed E-state index contributed by atoms with van der Waals surface area (Å²) in [6.07, 6.45) is 9.51. The van der Waals surface area contributed by atoms with Gasteiger partial charge in [0.1, 0.15) is 11.5 Å². The van der Waals surface area contributed by atoms with Crippen LogP contribution in [0.15, 0.2) is 23.8 Å². The molecule has 1 spiro atoms. The van der Waals surface area contributed by atoms with E-state index in [1.807, 2.05) is 6.92 Å². The first-order chi connectivity index (χ1) is 13.6. The third-order valence-corrected chi connectivity index (χ3v) is 9.68. The van der Waals surface area contributed by atoms with Gasteiger partial charge in [0.15, 0.2) is 0 Å². The Bertz CT molecular complexity index is 782. The highest BCUT2D eigenvalue weighted by Gasteiger charge is 2.67. The fourth-order valence-electron chi connectivity index (χ4n) is 8.06. The Balaban J connectivity index is 1.68. The van der Waals surface area contributed by atoms with E-state index >= 15 is 0 Å². The van der Waals surface area contributed by atoms with Gasteiger partial charge in [-0.25, -0.2) is 4.79 Å². The molecule has 0 amide bonds. The molecule has 29 heavy (non-hydrogen) atoms. The highest BCUT2D eigenvalue weighted by molar-refractivity contribution is 5.88. The lowest BCUT2D eigenvalue weighted by Gasteiger charge is -2.64. The number of fused-ring (bicyclic) bond motifs is 3. The number of ether oxygens (including phenoxy) is 1. The summed E-state index contributed by atoms with van der Waals surface area (Å²) in [5.74, 6) is 0.0690. The van der Waals surface area contributed by atoms with Crippen molar-refractivity contribution in [1.82, 2.24) is 0 Å². The summed E-state index contributed by atoms with van der Waals surface area (Å²) in [4.78, 5) is 25.1. The molecule has 2 bridgehead atoms. The van der Waals surface area contributed by atoms with E-state index in [1.54, 1.807) is 19.9 Å². The summed E-state index contributed by atoms with van der Waals surface area (Å²) >= 11 is 0. The molecule has 4 aliphatic carbocycles. The van der Waals surface area contributed by atoms with Crippen LogP contribution in [0.4, 0.5) is 0 Å². The second kappa shape index (κ2) is 6.72. The predicted molar refractivity (Wildman–Crippen MR) is 112 cm³/mol. The predicted octanol–water partition coefficient (Wildman–Crippen LogP) is 5.53. The molecule has 0 saturated heterocycles. The minimum Gasteiger partial charge on any atom is -0.481 e. The van der Waals surface area contributed by atoms with Gasteiger partial charge < -0.3 is 9.84 Å². The van der Waals surface area contributed by atoms with Gasteiger partial charge in [-0.15, -0.1) is 0 Å². The van der Waals surface area contributed by atoms with Crippen LogP contribution in [-0.2, 0) is 14.3 Å². The summed E-state index contributed by atoms with van der Waals surface area (Å²) in [5, 5.41) is 10.4. The molecule has 160 valence electrons. The van der Waals surface area contributed by atoms with E-state index in [4.69, 9.17) is 4.74 Å². The number of carbonyl (C=O) groups excluding carboxylic acids is 1. The second-order valence-electron chi connectivity index (χ2n) is 10.8. The molecule has 4 fully saturated rings. The van der Waals surface area contributed by atoms with Gasteiger partial charge in [-0.2, -0.15) is 0 Å². The SMILES string of the molecule is C=C1C[C@]23CC[C@@H]4[C@](C)(CC[C@@H](OC(=O)/C(C)=C/C)[C@]4(C)C(=O)O)[C@H]2CC[C@@H]1C3. The molecule has 0 heterocycles. The van der Waals surface area contributed by atoms with E-state index in [1.165, 1.54) is 24.8 Å². The average Bonchev–Trinajstić information content (AvgIpc) is 2.91. The molecular weight excluding hydrogens is 364 g/mol. The molecule has 0 aromatic carbocycles. The summed E-state index contributed by atoms with van der Waals surface area (Å²) in [5.41, 5.74) is 1.25. The minimum atomic E-state index is -1.04. The lowest BCUT2D eigenvalue weighted by Crippen LogP contribution is -2.63. The quantitative estimate of drug-likeness (QED) is 0.384. The normalized spacial score (nSPS) is 46.6. The van der Waals surface area contributed by atoms with Gasteiger partial charge in [0.25, 0.3) is 0 Å². The first kappa shape index (κ1) is 20.7. The van der Waals surface area contributed by atoms with Crippen molar-refractivity contribution in [3.63, 3.8) is 0 Å². The largest absolute Gasteiger partial charge is 0.481 e.